The van der Waals surface area contributed by atoms with E-state index in [4.69, 9.17) is 10.5 Å². The highest BCUT2D eigenvalue weighted by Crippen LogP contribution is 2.13. The predicted octanol–water partition coefficient (Wildman–Crippen LogP) is 1.76. The minimum atomic E-state index is -1.05. The Morgan fingerprint density at radius 3 is 2.84 bits per heavy atom. The van der Waals surface area contributed by atoms with Crippen LogP contribution in [0.1, 0.15) is 25.7 Å². The minimum Gasteiger partial charge on any atom is -0.451 e. The van der Waals surface area contributed by atoms with Gasteiger partial charge in [-0.3, -0.25) is 5.32 Å². The summed E-state index contributed by atoms with van der Waals surface area (Å²) in [6.45, 7) is 0. The van der Waals surface area contributed by atoms with E-state index in [1.54, 1.807) is 12.1 Å². The van der Waals surface area contributed by atoms with Crippen LogP contribution in [0.15, 0.2) is 42.5 Å². The minimum absolute atomic E-state index is 0.00516. The van der Waals surface area contributed by atoms with Gasteiger partial charge in [0, 0.05) is 12.1 Å². The van der Waals surface area contributed by atoms with Crippen molar-refractivity contribution < 1.29 is 9.84 Å². The zero-order valence-electron chi connectivity index (χ0n) is 11.0. The summed E-state index contributed by atoms with van der Waals surface area (Å²) in [5.74, 6) is 0.630. The molecule has 0 amide bonds. The molecule has 3 atom stereocenters. The standard InChI is InChI=1S/C15H22N2O2/c16-13-10-6-1-2-7-11-14(13)17-15(18)19-12-8-4-3-5-9-12/h3-5,7-9,11,13-15,17-18H,1-2,6,10,16H2. The van der Waals surface area contributed by atoms with Crippen molar-refractivity contribution in [2.24, 2.45) is 5.73 Å². The van der Waals surface area contributed by atoms with Crippen LogP contribution in [0.3, 0.4) is 0 Å². The number of aliphatic hydroxyl groups excluding tert-OH is 1. The lowest BCUT2D eigenvalue weighted by atomic mass is 9.98. The van der Waals surface area contributed by atoms with E-state index in [-0.39, 0.29) is 12.1 Å². The third-order valence-electron chi connectivity index (χ3n) is 3.29. The topological polar surface area (TPSA) is 67.5 Å². The highest BCUT2D eigenvalue weighted by atomic mass is 16.6. The first-order valence-electron chi connectivity index (χ1n) is 6.84. The van der Waals surface area contributed by atoms with Crippen LogP contribution in [0, 0.1) is 0 Å². The molecule has 0 radical (unpaired) electrons. The Morgan fingerprint density at radius 2 is 2.05 bits per heavy atom. The molecule has 1 aliphatic rings. The van der Waals surface area contributed by atoms with Crippen LogP contribution in [0.4, 0.5) is 0 Å². The van der Waals surface area contributed by atoms with Crippen molar-refractivity contribution in [1.29, 1.82) is 0 Å². The summed E-state index contributed by atoms with van der Waals surface area (Å²) in [4.78, 5) is 0. The van der Waals surface area contributed by atoms with Crippen molar-refractivity contribution in [3.63, 3.8) is 0 Å². The van der Waals surface area contributed by atoms with E-state index in [1.807, 2.05) is 24.3 Å². The molecular weight excluding hydrogens is 240 g/mol. The van der Waals surface area contributed by atoms with Crippen molar-refractivity contribution in [3.8, 4) is 5.75 Å². The van der Waals surface area contributed by atoms with E-state index in [1.165, 1.54) is 6.42 Å². The molecule has 104 valence electrons. The lowest BCUT2D eigenvalue weighted by molar-refractivity contribution is -0.0504. The van der Waals surface area contributed by atoms with E-state index in [0.29, 0.717) is 5.75 Å². The number of hydrogen-bond acceptors (Lipinski definition) is 4. The van der Waals surface area contributed by atoms with Crippen molar-refractivity contribution in [2.45, 2.75) is 44.2 Å². The Hall–Kier alpha value is -1.36. The van der Waals surface area contributed by atoms with E-state index >= 15 is 0 Å². The number of rotatable bonds is 4. The van der Waals surface area contributed by atoms with Gasteiger partial charge in [0.25, 0.3) is 6.41 Å². The monoisotopic (exact) mass is 262 g/mol. The number of nitrogens with two attached hydrogens (primary N) is 1. The fourth-order valence-electron chi connectivity index (χ4n) is 2.21. The first kappa shape index (κ1) is 14.1. The highest BCUT2D eigenvalue weighted by Gasteiger charge is 2.19. The van der Waals surface area contributed by atoms with Gasteiger partial charge in [-0.2, -0.15) is 0 Å². The Bertz CT molecular complexity index is 394. The summed E-state index contributed by atoms with van der Waals surface area (Å²) in [6.07, 6.45) is 7.43. The Balaban J connectivity index is 1.89. The molecule has 0 aromatic heterocycles. The van der Waals surface area contributed by atoms with Crippen LogP contribution in [0.5, 0.6) is 5.75 Å². The smallest absolute Gasteiger partial charge is 0.257 e. The first-order chi connectivity index (χ1) is 9.25. The molecule has 0 fully saturated rings. The van der Waals surface area contributed by atoms with Crippen LogP contribution in [-0.2, 0) is 0 Å². The lowest BCUT2D eigenvalue weighted by Gasteiger charge is -2.26. The Morgan fingerprint density at radius 1 is 1.26 bits per heavy atom. The fraction of sp³-hybridized carbons (Fsp3) is 0.467. The van der Waals surface area contributed by atoms with Crippen LogP contribution in [0.25, 0.3) is 0 Å². The molecule has 1 aromatic carbocycles. The molecule has 0 saturated carbocycles. The van der Waals surface area contributed by atoms with Crippen molar-refractivity contribution in [3.05, 3.63) is 42.5 Å². The van der Waals surface area contributed by atoms with E-state index in [0.717, 1.165) is 19.3 Å². The Kier molecular flexibility index (Phi) is 5.39. The van der Waals surface area contributed by atoms with Gasteiger partial charge >= 0.3 is 0 Å². The number of benzene rings is 1. The molecule has 19 heavy (non-hydrogen) atoms. The average molecular weight is 262 g/mol. The molecule has 2 rings (SSSR count). The number of nitrogens with one attached hydrogen (secondary N) is 1. The number of para-hydroxylation sites is 1. The van der Waals surface area contributed by atoms with Gasteiger partial charge in [0.15, 0.2) is 0 Å². The third-order valence-corrected chi connectivity index (χ3v) is 3.29. The number of aliphatic hydroxyl groups is 1. The normalized spacial score (nSPS) is 25.4. The summed E-state index contributed by atoms with van der Waals surface area (Å²) in [5.41, 5.74) is 6.11. The van der Waals surface area contributed by atoms with E-state index in [2.05, 4.69) is 11.4 Å². The van der Waals surface area contributed by atoms with Crippen LogP contribution in [-0.4, -0.2) is 23.6 Å². The summed E-state index contributed by atoms with van der Waals surface area (Å²) in [5, 5.41) is 12.9. The number of hydrogen-bond donors (Lipinski definition) is 3. The van der Waals surface area contributed by atoms with Gasteiger partial charge in [-0.15, -0.1) is 0 Å². The molecule has 3 unspecified atom stereocenters. The molecular formula is C15H22N2O2. The van der Waals surface area contributed by atoms with Crippen LogP contribution in [0.2, 0.25) is 0 Å². The first-order valence-corrected chi connectivity index (χ1v) is 6.84. The molecule has 0 heterocycles. The fourth-order valence-corrected chi connectivity index (χ4v) is 2.21. The molecule has 4 N–H and O–H groups in total. The average Bonchev–Trinajstić information content (AvgIpc) is 2.40. The maximum Gasteiger partial charge on any atom is 0.257 e. The maximum atomic E-state index is 9.91. The second-order valence-electron chi connectivity index (χ2n) is 4.85. The van der Waals surface area contributed by atoms with Crippen molar-refractivity contribution >= 4 is 0 Å². The molecule has 4 heteroatoms. The van der Waals surface area contributed by atoms with E-state index in [9.17, 15) is 5.11 Å². The molecule has 1 aliphatic carbocycles. The quantitative estimate of drug-likeness (QED) is 0.571. The van der Waals surface area contributed by atoms with Gasteiger partial charge in [-0.05, 0) is 31.4 Å². The second kappa shape index (κ2) is 7.28. The van der Waals surface area contributed by atoms with E-state index < -0.39 is 6.41 Å². The van der Waals surface area contributed by atoms with Crippen LogP contribution >= 0.6 is 0 Å². The van der Waals surface area contributed by atoms with Crippen LogP contribution < -0.4 is 15.8 Å². The number of allylic oxidation sites excluding steroid dienone is 1. The zero-order valence-corrected chi connectivity index (χ0v) is 11.0. The highest BCUT2D eigenvalue weighted by molar-refractivity contribution is 5.21. The molecule has 0 saturated heterocycles. The van der Waals surface area contributed by atoms with Gasteiger partial charge in [-0.25, -0.2) is 0 Å². The zero-order chi connectivity index (χ0) is 13.5. The lowest BCUT2D eigenvalue weighted by Crippen LogP contribution is -2.50. The molecule has 4 nitrogen and oxygen atoms in total. The molecule has 0 aliphatic heterocycles. The summed E-state index contributed by atoms with van der Waals surface area (Å²) < 4.78 is 5.39. The third kappa shape index (κ3) is 4.67. The van der Waals surface area contributed by atoms with Crippen molar-refractivity contribution in [2.75, 3.05) is 0 Å². The van der Waals surface area contributed by atoms with Gasteiger partial charge in [0.05, 0.1) is 0 Å². The van der Waals surface area contributed by atoms with Gasteiger partial charge in [0.1, 0.15) is 5.75 Å². The molecule has 1 aromatic rings. The molecule has 0 bridgehead atoms. The summed E-state index contributed by atoms with van der Waals surface area (Å²) in [6, 6.07) is 9.19. The van der Waals surface area contributed by atoms with Gasteiger partial charge in [-0.1, -0.05) is 36.8 Å². The second-order valence-corrected chi connectivity index (χ2v) is 4.85. The SMILES string of the molecule is NC1CCCCC=CC1NC(O)Oc1ccccc1. The maximum absolute atomic E-state index is 9.91. The predicted molar refractivity (Wildman–Crippen MR) is 75.6 cm³/mol. The van der Waals surface area contributed by atoms with Gasteiger partial charge in [0.2, 0.25) is 0 Å². The largest absolute Gasteiger partial charge is 0.451 e. The van der Waals surface area contributed by atoms with Gasteiger partial charge < -0.3 is 15.6 Å². The van der Waals surface area contributed by atoms with Crippen molar-refractivity contribution in [1.82, 2.24) is 5.32 Å². The number of ether oxygens (including phenoxy) is 1. The molecule has 0 spiro atoms. The summed E-state index contributed by atoms with van der Waals surface area (Å²) in [7, 11) is 0. The Labute approximate surface area is 114 Å². The summed E-state index contributed by atoms with van der Waals surface area (Å²) >= 11 is 0.